The van der Waals surface area contributed by atoms with Crippen molar-refractivity contribution in [3.63, 3.8) is 0 Å². The molecule has 1 atom stereocenters. The fourth-order valence-corrected chi connectivity index (χ4v) is 4.22. The number of carbonyl (C=O) groups is 1. The van der Waals surface area contributed by atoms with Gasteiger partial charge in [-0.1, -0.05) is 19.3 Å². The van der Waals surface area contributed by atoms with Gasteiger partial charge in [0.25, 0.3) is 0 Å². The number of hydrogen-bond acceptors (Lipinski definition) is 3. The molecule has 3 rings (SSSR count). The first-order chi connectivity index (χ1) is 9.20. The van der Waals surface area contributed by atoms with E-state index in [9.17, 15) is 4.79 Å². The Hall–Kier alpha value is -0.410. The van der Waals surface area contributed by atoms with E-state index in [1.54, 1.807) is 7.11 Å². The molecule has 19 heavy (non-hydrogen) atoms. The summed E-state index contributed by atoms with van der Waals surface area (Å²) in [7, 11) is 1.70. The predicted octanol–water partition coefficient (Wildman–Crippen LogP) is 3.25. The van der Waals surface area contributed by atoms with Crippen molar-refractivity contribution in [3.8, 4) is 0 Å². The standard InChI is InChI=1S/C16H26O3/c1-18-16(9-5-10-16)14(17)13-6-11-19-15(12-13)7-3-2-4-8-15/h13H,2-12H2,1H3. The van der Waals surface area contributed by atoms with Crippen LogP contribution in [0.1, 0.15) is 64.2 Å². The molecule has 3 aliphatic rings. The highest BCUT2D eigenvalue weighted by molar-refractivity contribution is 5.90. The molecule has 0 N–H and O–H groups in total. The maximum absolute atomic E-state index is 12.8. The van der Waals surface area contributed by atoms with Crippen molar-refractivity contribution in [2.45, 2.75) is 75.4 Å². The van der Waals surface area contributed by atoms with Crippen LogP contribution in [0.4, 0.5) is 0 Å². The predicted molar refractivity (Wildman–Crippen MR) is 73.1 cm³/mol. The average molecular weight is 266 g/mol. The van der Waals surface area contributed by atoms with E-state index in [4.69, 9.17) is 9.47 Å². The number of rotatable bonds is 3. The van der Waals surface area contributed by atoms with Gasteiger partial charge >= 0.3 is 0 Å². The zero-order valence-corrected chi connectivity index (χ0v) is 12.1. The Labute approximate surface area is 116 Å². The summed E-state index contributed by atoms with van der Waals surface area (Å²) in [5, 5.41) is 0. The minimum Gasteiger partial charge on any atom is -0.375 e. The third-order valence-electron chi connectivity index (χ3n) is 5.63. The number of carbonyl (C=O) groups excluding carboxylic acids is 1. The van der Waals surface area contributed by atoms with Gasteiger partial charge in [-0.05, 0) is 44.9 Å². The smallest absolute Gasteiger partial charge is 0.167 e. The SMILES string of the molecule is COC1(C(=O)C2CCOC3(CCCCC3)C2)CCC1. The van der Waals surface area contributed by atoms with Crippen LogP contribution in [-0.2, 0) is 14.3 Å². The second kappa shape index (κ2) is 5.17. The lowest BCUT2D eigenvalue weighted by atomic mass is 9.68. The summed E-state index contributed by atoms with van der Waals surface area (Å²) in [6, 6.07) is 0. The molecule has 1 saturated heterocycles. The highest BCUT2D eigenvalue weighted by Crippen LogP contribution is 2.45. The lowest BCUT2D eigenvalue weighted by Crippen LogP contribution is -2.53. The minimum atomic E-state index is -0.433. The van der Waals surface area contributed by atoms with Crippen LogP contribution in [0.5, 0.6) is 0 Å². The van der Waals surface area contributed by atoms with Crippen LogP contribution in [0.25, 0.3) is 0 Å². The van der Waals surface area contributed by atoms with Gasteiger partial charge in [-0.15, -0.1) is 0 Å². The average Bonchev–Trinajstić information content (AvgIpc) is 2.39. The summed E-state index contributed by atoms with van der Waals surface area (Å²) >= 11 is 0. The fraction of sp³-hybridized carbons (Fsp3) is 0.938. The van der Waals surface area contributed by atoms with Gasteiger partial charge in [0.1, 0.15) is 5.60 Å². The first-order valence-electron chi connectivity index (χ1n) is 7.93. The molecule has 1 heterocycles. The largest absolute Gasteiger partial charge is 0.375 e. The Bertz CT molecular complexity index is 329. The molecule has 3 nitrogen and oxygen atoms in total. The van der Waals surface area contributed by atoms with Crippen molar-refractivity contribution in [2.75, 3.05) is 13.7 Å². The quantitative estimate of drug-likeness (QED) is 0.786. The Morgan fingerprint density at radius 2 is 1.84 bits per heavy atom. The number of ketones is 1. The lowest BCUT2D eigenvalue weighted by molar-refractivity contribution is -0.169. The second-order valence-corrected chi connectivity index (χ2v) is 6.70. The molecule has 0 radical (unpaired) electrons. The minimum absolute atomic E-state index is 0.0233. The summed E-state index contributed by atoms with van der Waals surface area (Å²) in [5.74, 6) is 0.543. The molecule has 2 saturated carbocycles. The molecule has 3 heteroatoms. The molecular weight excluding hydrogens is 240 g/mol. The topological polar surface area (TPSA) is 35.5 Å². The number of Topliss-reactive ketones (excluding diaryl/α,β-unsaturated/α-hetero) is 1. The fourth-order valence-electron chi connectivity index (χ4n) is 4.22. The van der Waals surface area contributed by atoms with E-state index >= 15 is 0 Å². The van der Waals surface area contributed by atoms with Gasteiger partial charge in [0.15, 0.2) is 5.78 Å². The third kappa shape index (κ3) is 2.36. The zero-order chi connectivity index (χ0) is 13.3. The van der Waals surface area contributed by atoms with E-state index in [1.165, 1.54) is 19.3 Å². The maximum Gasteiger partial charge on any atom is 0.167 e. The van der Waals surface area contributed by atoms with E-state index < -0.39 is 5.60 Å². The van der Waals surface area contributed by atoms with Crippen molar-refractivity contribution in [3.05, 3.63) is 0 Å². The molecule has 0 bridgehead atoms. The van der Waals surface area contributed by atoms with Crippen LogP contribution in [-0.4, -0.2) is 30.7 Å². The van der Waals surface area contributed by atoms with Crippen LogP contribution < -0.4 is 0 Å². The molecule has 0 aromatic heterocycles. The second-order valence-electron chi connectivity index (χ2n) is 6.70. The van der Waals surface area contributed by atoms with E-state index in [2.05, 4.69) is 0 Å². The molecule has 0 aromatic carbocycles. The number of ether oxygens (including phenoxy) is 2. The van der Waals surface area contributed by atoms with E-state index in [0.29, 0.717) is 5.78 Å². The van der Waals surface area contributed by atoms with Crippen LogP contribution in [0.15, 0.2) is 0 Å². The summed E-state index contributed by atoms with van der Waals surface area (Å²) in [4.78, 5) is 12.8. The lowest BCUT2D eigenvalue weighted by Gasteiger charge is -2.47. The summed E-state index contributed by atoms with van der Waals surface area (Å²) < 4.78 is 11.7. The van der Waals surface area contributed by atoms with Crippen molar-refractivity contribution in [1.82, 2.24) is 0 Å². The first kappa shape index (κ1) is 13.6. The Morgan fingerprint density at radius 3 is 2.42 bits per heavy atom. The third-order valence-corrected chi connectivity index (χ3v) is 5.63. The molecule has 2 aliphatic carbocycles. The Kier molecular flexibility index (Phi) is 3.69. The monoisotopic (exact) mass is 266 g/mol. The van der Waals surface area contributed by atoms with Crippen molar-refractivity contribution < 1.29 is 14.3 Å². The van der Waals surface area contributed by atoms with Gasteiger partial charge in [-0.3, -0.25) is 4.79 Å². The molecule has 3 fully saturated rings. The molecule has 1 aliphatic heterocycles. The van der Waals surface area contributed by atoms with Crippen LogP contribution in [0, 0.1) is 5.92 Å². The van der Waals surface area contributed by atoms with Gasteiger partial charge < -0.3 is 9.47 Å². The summed E-state index contributed by atoms with van der Waals surface area (Å²) in [6.45, 7) is 0.760. The van der Waals surface area contributed by atoms with Gasteiger partial charge in [-0.2, -0.15) is 0 Å². The molecule has 1 unspecified atom stereocenters. The maximum atomic E-state index is 12.8. The molecular formula is C16H26O3. The summed E-state index contributed by atoms with van der Waals surface area (Å²) in [6.07, 6.45) is 11.0. The molecule has 0 amide bonds. The number of hydrogen-bond donors (Lipinski definition) is 0. The number of methoxy groups -OCH3 is 1. The van der Waals surface area contributed by atoms with Gasteiger partial charge in [-0.25, -0.2) is 0 Å². The highest BCUT2D eigenvalue weighted by atomic mass is 16.5. The van der Waals surface area contributed by atoms with Crippen LogP contribution in [0.2, 0.25) is 0 Å². The highest BCUT2D eigenvalue weighted by Gasteiger charge is 2.50. The first-order valence-corrected chi connectivity index (χ1v) is 7.93. The van der Waals surface area contributed by atoms with Crippen molar-refractivity contribution in [2.24, 2.45) is 5.92 Å². The normalized spacial score (nSPS) is 32.8. The van der Waals surface area contributed by atoms with Crippen LogP contribution in [0.3, 0.4) is 0 Å². The van der Waals surface area contributed by atoms with Crippen molar-refractivity contribution in [1.29, 1.82) is 0 Å². The molecule has 1 spiro atoms. The Morgan fingerprint density at radius 1 is 1.11 bits per heavy atom. The van der Waals surface area contributed by atoms with Crippen molar-refractivity contribution >= 4 is 5.78 Å². The zero-order valence-electron chi connectivity index (χ0n) is 12.1. The molecule has 0 aromatic rings. The van der Waals surface area contributed by atoms with Gasteiger partial charge in [0.2, 0.25) is 0 Å². The van der Waals surface area contributed by atoms with E-state index in [0.717, 1.165) is 51.6 Å². The van der Waals surface area contributed by atoms with E-state index in [-0.39, 0.29) is 11.5 Å². The summed E-state index contributed by atoms with van der Waals surface area (Å²) in [5.41, 5.74) is -0.409. The van der Waals surface area contributed by atoms with E-state index in [1.807, 2.05) is 0 Å². The molecule has 108 valence electrons. The van der Waals surface area contributed by atoms with Crippen LogP contribution >= 0.6 is 0 Å². The van der Waals surface area contributed by atoms with Gasteiger partial charge in [0.05, 0.1) is 5.60 Å². The Balaban J connectivity index is 1.69. The van der Waals surface area contributed by atoms with Gasteiger partial charge in [0, 0.05) is 19.6 Å².